The van der Waals surface area contributed by atoms with Crippen LogP contribution in [-0.4, -0.2) is 34.1 Å². The van der Waals surface area contributed by atoms with Crippen LogP contribution in [0.5, 0.6) is 0 Å². The average Bonchev–Trinajstić information content (AvgIpc) is 2.67. The fraction of sp³-hybridized carbons (Fsp3) is 0.556. The third-order valence-electron chi connectivity index (χ3n) is 3.14. The van der Waals surface area contributed by atoms with E-state index in [4.69, 9.17) is 10.2 Å². The Labute approximate surface area is 89.0 Å². The Bertz CT molecular complexity index is 363. The van der Waals surface area contributed by atoms with Crippen molar-refractivity contribution >= 4 is 23.9 Å². The van der Waals surface area contributed by atoms with Crippen LogP contribution < -0.4 is 0 Å². The summed E-state index contributed by atoms with van der Waals surface area (Å²) in [6, 6.07) is 0. The normalized spacial score (nSPS) is 37.0. The fourth-order valence-corrected chi connectivity index (χ4v) is 2.43. The van der Waals surface area contributed by atoms with Gasteiger partial charge in [-0.05, 0) is 6.42 Å². The third-order valence-corrected chi connectivity index (χ3v) is 3.14. The van der Waals surface area contributed by atoms with Gasteiger partial charge in [0, 0.05) is 0 Å². The summed E-state index contributed by atoms with van der Waals surface area (Å²) in [6.45, 7) is 0. The number of carboxylic acids is 2. The van der Waals surface area contributed by atoms with Crippen molar-refractivity contribution in [2.45, 2.75) is 6.42 Å². The van der Waals surface area contributed by atoms with Crippen LogP contribution in [0.15, 0.2) is 0 Å². The van der Waals surface area contributed by atoms with E-state index in [1.54, 1.807) is 0 Å². The molecular weight excluding hydrogens is 220 g/mol. The molecular formula is C9H8O7. The van der Waals surface area contributed by atoms with E-state index >= 15 is 0 Å². The van der Waals surface area contributed by atoms with Gasteiger partial charge in [0.25, 0.3) is 0 Å². The topological polar surface area (TPSA) is 118 Å². The number of esters is 2. The molecule has 16 heavy (non-hydrogen) atoms. The fourth-order valence-electron chi connectivity index (χ4n) is 2.43. The van der Waals surface area contributed by atoms with E-state index < -0.39 is 47.5 Å². The first kappa shape index (κ1) is 10.6. The van der Waals surface area contributed by atoms with Crippen molar-refractivity contribution < 1.29 is 34.1 Å². The highest BCUT2D eigenvalue weighted by Gasteiger charge is 2.61. The first-order valence-corrected chi connectivity index (χ1v) is 4.64. The zero-order valence-electron chi connectivity index (χ0n) is 7.95. The van der Waals surface area contributed by atoms with Gasteiger partial charge in [0.1, 0.15) is 0 Å². The Morgan fingerprint density at radius 1 is 1.00 bits per heavy atom. The highest BCUT2D eigenvalue weighted by Crippen LogP contribution is 2.46. The van der Waals surface area contributed by atoms with Gasteiger partial charge in [0.2, 0.25) is 0 Å². The number of carboxylic acid groups (broad SMARTS) is 2. The van der Waals surface area contributed by atoms with E-state index in [9.17, 15) is 19.2 Å². The highest BCUT2D eigenvalue weighted by molar-refractivity contribution is 6.01. The van der Waals surface area contributed by atoms with Crippen LogP contribution in [0.3, 0.4) is 0 Å². The van der Waals surface area contributed by atoms with E-state index in [1.165, 1.54) is 0 Å². The number of carbonyl (C=O) groups excluding carboxylic acids is 2. The molecule has 4 unspecified atom stereocenters. The van der Waals surface area contributed by atoms with Gasteiger partial charge in [-0.25, -0.2) is 0 Å². The Hall–Kier alpha value is -1.92. The molecule has 86 valence electrons. The quantitative estimate of drug-likeness (QED) is 0.464. The van der Waals surface area contributed by atoms with Gasteiger partial charge in [-0.2, -0.15) is 0 Å². The number of aliphatic carboxylic acids is 2. The van der Waals surface area contributed by atoms with E-state index in [0.29, 0.717) is 0 Å². The van der Waals surface area contributed by atoms with Gasteiger partial charge >= 0.3 is 23.9 Å². The molecule has 7 heteroatoms. The molecule has 7 nitrogen and oxygen atoms in total. The molecule has 0 amide bonds. The average molecular weight is 228 g/mol. The number of hydrogen-bond donors (Lipinski definition) is 2. The maximum atomic E-state index is 11.2. The number of ether oxygens (including phenoxy) is 1. The number of rotatable bonds is 2. The van der Waals surface area contributed by atoms with Crippen LogP contribution in [0.25, 0.3) is 0 Å². The maximum absolute atomic E-state index is 11.2. The van der Waals surface area contributed by atoms with E-state index in [-0.39, 0.29) is 6.42 Å². The molecule has 0 spiro atoms. The lowest BCUT2D eigenvalue weighted by Gasteiger charge is -2.07. The van der Waals surface area contributed by atoms with E-state index in [1.807, 2.05) is 0 Å². The first-order valence-electron chi connectivity index (χ1n) is 4.64. The zero-order chi connectivity index (χ0) is 12.0. The molecule has 0 aromatic heterocycles. The molecule has 1 aliphatic heterocycles. The van der Waals surface area contributed by atoms with Crippen LogP contribution in [0.1, 0.15) is 6.42 Å². The summed E-state index contributed by atoms with van der Waals surface area (Å²) >= 11 is 0. The van der Waals surface area contributed by atoms with Crippen molar-refractivity contribution in [2.24, 2.45) is 23.7 Å². The lowest BCUT2D eigenvalue weighted by Crippen LogP contribution is -2.26. The standard InChI is InChI=1S/C9H8O7/c10-6(11)2-1-3(7(12)13)5-4(2)8(14)16-9(5)15/h2-5H,1H2,(H,10,11)(H,12,13). The number of fused-ring (bicyclic) bond motifs is 1. The summed E-state index contributed by atoms with van der Waals surface area (Å²) in [4.78, 5) is 44.2. The Kier molecular flexibility index (Phi) is 2.18. The second kappa shape index (κ2) is 3.29. The third kappa shape index (κ3) is 1.28. The molecule has 2 rings (SSSR count). The molecule has 0 aromatic rings. The zero-order valence-corrected chi connectivity index (χ0v) is 7.95. The summed E-state index contributed by atoms with van der Waals surface area (Å²) in [6.07, 6.45) is -0.208. The van der Waals surface area contributed by atoms with Crippen LogP contribution in [-0.2, 0) is 23.9 Å². The van der Waals surface area contributed by atoms with E-state index in [2.05, 4.69) is 4.74 Å². The van der Waals surface area contributed by atoms with Crippen LogP contribution in [0.2, 0.25) is 0 Å². The van der Waals surface area contributed by atoms with Crippen LogP contribution >= 0.6 is 0 Å². The molecule has 1 saturated carbocycles. The number of cyclic esters (lactones) is 2. The number of carbonyl (C=O) groups is 4. The summed E-state index contributed by atoms with van der Waals surface area (Å²) in [5.74, 6) is -8.99. The minimum atomic E-state index is -1.27. The molecule has 2 N–H and O–H groups in total. The molecule has 1 saturated heterocycles. The monoisotopic (exact) mass is 228 g/mol. The molecule has 1 heterocycles. The largest absolute Gasteiger partial charge is 0.481 e. The van der Waals surface area contributed by atoms with Gasteiger partial charge < -0.3 is 14.9 Å². The van der Waals surface area contributed by atoms with Gasteiger partial charge in [0.05, 0.1) is 23.7 Å². The Morgan fingerprint density at radius 3 is 1.69 bits per heavy atom. The number of hydrogen-bond acceptors (Lipinski definition) is 5. The van der Waals surface area contributed by atoms with Crippen molar-refractivity contribution in [1.82, 2.24) is 0 Å². The summed E-state index contributed by atoms with van der Waals surface area (Å²) in [5, 5.41) is 17.7. The minimum absolute atomic E-state index is 0.208. The van der Waals surface area contributed by atoms with E-state index in [0.717, 1.165) is 0 Å². The van der Waals surface area contributed by atoms with Crippen LogP contribution in [0.4, 0.5) is 0 Å². The molecule has 2 fully saturated rings. The second-order valence-corrected chi connectivity index (χ2v) is 3.92. The summed E-state index contributed by atoms with van der Waals surface area (Å²) in [5.41, 5.74) is 0. The van der Waals surface area contributed by atoms with Crippen LogP contribution in [0, 0.1) is 23.7 Å². The first-order chi connectivity index (χ1) is 7.43. The highest BCUT2D eigenvalue weighted by atomic mass is 16.6. The van der Waals surface area contributed by atoms with Crippen molar-refractivity contribution in [1.29, 1.82) is 0 Å². The minimum Gasteiger partial charge on any atom is -0.481 e. The predicted molar refractivity (Wildman–Crippen MR) is 44.9 cm³/mol. The maximum Gasteiger partial charge on any atom is 0.318 e. The predicted octanol–water partition coefficient (Wildman–Crippen LogP) is -0.893. The Morgan fingerprint density at radius 2 is 1.38 bits per heavy atom. The smallest absolute Gasteiger partial charge is 0.318 e. The van der Waals surface area contributed by atoms with Gasteiger partial charge in [-0.15, -0.1) is 0 Å². The molecule has 0 bridgehead atoms. The van der Waals surface area contributed by atoms with Crippen molar-refractivity contribution in [2.75, 3.05) is 0 Å². The molecule has 1 aliphatic carbocycles. The molecule has 2 aliphatic rings. The SMILES string of the molecule is O=C(O)C1CC(C(=O)O)C2C(=O)OC(=O)C12. The van der Waals surface area contributed by atoms with Crippen molar-refractivity contribution in [3.63, 3.8) is 0 Å². The summed E-state index contributed by atoms with van der Waals surface area (Å²) < 4.78 is 4.28. The Balaban J connectivity index is 2.38. The van der Waals surface area contributed by atoms with Crippen molar-refractivity contribution in [3.05, 3.63) is 0 Å². The molecule has 0 radical (unpaired) electrons. The second-order valence-electron chi connectivity index (χ2n) is 3.92. The summed E-state index contributed by atoms with van der Waals surface area (Å²) in [7, 11) is 0. The van der Waals surface area contributed by atoms with Crippen molar-refractivity contribution in [3.8, 4) is 0 Å². The lowest BCUT2D eigenvalue weighted by atomic mass is 9.89. The molecule has 0 aromatic carbocycles. The van der Waals surface area contributed by atoms with Gasteiger partial charge in [0.15, 0.2) is 0 Å². The lowest BCUT2D eigenvalue weighted by molar-refractivity contribution is -0.159. The van der Waals surface area contributed by atoms with Gasteiger partial charge in [-0.1, -0.05) is 0 Å². The van der Waals surface area contributed by atoms with Gasteiger partial charge in [-0.3, -0.25) is 19.2 Å². The molecule has 4 atom stereocenters.